The first kappa shape index (κ1) is 13.8. The van der Waals surface area contributed by atoms with Gasteiger partial charge in [0.15, 0.2) is 9.84 Å². The van der Waals surface area contributed by atoms with E-state index in [-0.39, 0.29) is 0 Å². The van der Waals surface area contributed by atoms with Crippen LogP contribution >= 0.6 is 11.6 Å². The van der Waals surface area contributed by atoms with E-state index >= 15 is 0 Å². The molecular formula is C15H13ClO2S. The van der Waals surface area contributed by atoms with Crippen LogP contribution in [0, 0.1) is 6.92 Å². The van der Waals surface area contributed by atoms with Gasteiger partial charge in [-0.25, -0.2) is 8.42 Å². The van der Waals surface area contributed by atoms with Gasteiger partial charge in [-0.15, -0.1) is 0 Å². The lowest BCUT2D eigenvalue weighted by Gasteiger charge is -2.00. The molecule has 0 heterocycles. The molecule has 0 saturated heterocycles. The van der Waals surface area contributed by atoms with Gasteiger partial charge in [-0.2, -0.15) is 0 Å². The number of hydrogen-bond donors (Lipinski definition) is 0. The molecule has 0 saturated carbocycles. The smallest absolute Gasteiger partial charge is 0.199 e. The first-order valence-corrected chi connectivity index (χ1v) is 7.65. The van der Waals surface area contributed by atoms with Crippen LogP contribution in [-0.2, 0) is 9.84 Å². The van der Waals surface area contributed by atoms with E-state index in [9.17, 15) is 8.42 Å². The SMILES string of the molecule is Cc1ccc(S(=O)(=O)C=Cc2ccc(Cl)cc2)cc1. The maximum Gasteiger partial charge on any atom is 0.199 e. The van der Waals surface area contributed by atoms with E-state index in [4.69, 9.17) is 11.6 Å². The fraction of sp³-hybridized carbons (Fsp3) is 0.0667. The van der Waals surface area contributed by atoms with E-state index in [0.29, 0.717) is 9.92 Å². The van der Waals surface area contributed by atoms with Gasteiger partial charge in [-0.3, -0.25) is 0 Å². The van der Waals surface area contributed by atoms with E-state index in [1.54, 1.807) is 54.6 Å². The summed E-state index contributed by atoms with van der Waals surface area (Å²) in [6.07, 6.45) is 1.56. The highest BCUT2D eigenvalue weighted by Gasteiger charge is 2.09. The lowest BCUT2D eigenvalue weighted by Crippen LogP contribution is -1.95. The summed E-state index contributed by atoms with van der Waals surface area (Å²) in [6.45, 7) is 1.92. The van der Waals surface area contributed by atoms with Crippen LogP contribution in [0.25, 0.3) is 6.08 Å². The molecular weight excluding hydrogens is 280 g/mol. The Morgan fingerprint density at radius 2 is 1.53 bits per heavy atom. The molecule has 4 heteroatoms. The highest BCUT2D eigenvalue weighted by molar-refractivity contribution is 7.94. The molecule has 2 rings (SSSR count). The topological polar surface area (TPSA) is 34.1 Å². The molecule has 0 fully saturated rings. The number of benzene rings is 2. The van der Waals surface area contributed by atoms with Crippen molar-refractivity contribution >= 4 is 27.5 Å². The molecule has 0 spiro atoms. The van der Waals surface area contributed by atoms with E-state index in [1.165, 1.54) is 5.41 Å². The summed E-state index contributed by atoms with van der Waals surface area (Å²) in [6, 6.07) is 13.8. The number of aryl methyl sites for hydroxylation is 1. The van der Waals surface area contributed by atoms with E-state index < -0.39 is 9.84 Å². The largest absolute Gasteiger partial charge is 0.219 e. The normalized spacial score (nSPS) is 11.9. The average molecular weight is 293 g/mol. The van der Waals surface area contributed by atoms with Crippen LogP contribution in [0.5, 0.6) is 0 Å². The molecule has 19 heavy (non-hydrogen) atoms. The van der Waals surface area contributed by atoms with Crippen LogP contribution in [0.1, 0.15) is 11.1 Å². The second kappa shape index (κ2) is 5.59. The van der Waals surface area contributed by atoms with Gasteiger partial charge < -0.3 is 0 Å². The lowest BCUT2D eigenvalue weighted by atomic mass is 10.2. The standard InChI is InChI=1S/C15H13ClO2S/c1-12-2-8-15(9-3-12)19(17,18)11-10-13-4-6-14(16)7-5-13/h2-11H,1H3. The van der Waals surface area contributed by atoms with E-state index in [0.717, 1.165) is 11.1 Å². The van der Waals surface area contributed by atoms with Gasteiger partial charge in [0, 0.05) is 10.4 Å². The predicted octanol–water partition coefficient (Wildman–Crippen LogP) is 4.09. The Bertz CT molecular complexity index is 684. The summed E-state index contributed by atoms with van der Waals surface area (Å²) in [4.78, 5) is 0.295. The molecule has 0 aliphatic carbocycles. The van der Waals surface area contributed by atoms with Crippen molar-refractivity contribution in [3.8, 4) is 0 Å². The van der Waals surface area contributed by atoms with Crippen molar-refractivity contribution in [1.29, 1.82) is 0 Å². The number of halogens is 1. The van der Waals surface area contributed by atoms with E-state index in [2.05, 4.69) is 0 Å². The van der Waals surface area contributed by atoms with Gasteiger partial charge in [0.05, 0.1) is 4.90 Å². The Morgan fingerprint density at radius 1 is 0.947 bits per heavy atom. The Hall–Kier alpha value is -1.58. The fourth-order valence-electron chi connectivity index (χ4n) is 1.55. The van der Waals surface area contributed by atoms with Gasteiger partial charge in [-0.05, 0) is 42.8 Å². The monoisotopic (exact) mass is 292 g/mol. The van der Waals surface area contributed by atoms with Crippen molar-refractivity contribution in [3.63, 3.8) is 0 Å². The minimum Gasteiger partial charge on any atom is -0.219 e. The summed E-state index contributed by atoms with van der Waals surface area (Å²) in [5, 5.41) is 1.83. The molecule has 98 valence electrons. The number of sulfone groups is 1. The van der Waals surface area contributed by atoms with Crippen LogP contribution < -0.4 is 0 Å². The number of hydrogen-bond acceptors (Lipinski definition) is 2. The summed E-state index contributed by atoms with van der Waals surface area (Å²) in [5.74, 6) is 0. The maximum absolute atomic E-state index is 12.1. The van der Waals surface area contributed by atoms with Crippen LogP contribution in [0.4, 0.5) is 0 Å². The van der Waals surface area contributed by atoms with Crippen molar-refractivity contribution in [1.82, 2.24) is 0 Å². The van der Waals surface area contributed by atoms with Crippen LogP contribution in [0.3, 0.4) is 0 Å². The molecule has 0 aromatic heterocycles. The van der Waals surface area contributed by atoms with Crippen molar-refractivity contribution in [2.45, 2.75) is 11.8 Å². The van der Waals surface area contributed by atoms with Crippen molar-refractivity contribution in [3.05, 3.63) is 70.1 Å². The third-order valence-corrected chi connectivity index (χ3v) is 4.33. The Balaban J connectivity index is 2.26. The first-order valence-electron chi connectivity index (χ1n) is 5.73. The Morgan fingerprint density at radius 3 is 2.11 bits per heavy atom. The molecule has 0 aliphatic heterocycles. The first-order chi connectivity index (χ1) is 8.97. The molecule has 0 aliphatic rings. The zero-order chi connectivity index (χ0) is 13.9. The van der Waals surface area contributed by atoms with Gasteiger partial charge >= 0.3 is 0 Å². The zero-order valence-corrected chi connectivity index (χ0v) is 11.9. The Kier molecular flexibility index (Phi) is 4.08. The van der Waals surface area contributed by atoms with Crippen molar-refractivity contribution < 1.29 is 8.42 Å². The summed E-state index contributed by atoms with van der Waals surface area (Å²) < 4.78 is 24.1. The van der Waals surface area contributed by atoms with Crippen molar-refractivity contribution in [2.75, 3.05) is 0 Å². The summed E-state index contributed by atoms with van der Waals surface area (Å²) in [7, 11) is -3.40. The number of rotatable bonds is 3. The molecule has 0 unspecified atom stereocenters. The molecule has 0 amide bonds. The minimum absolute atomic E-state index is 0.295. The molecule has 0 bridgehead atoms. The molecule has 2 nitrogen and oxygen atoms in total. The fourth-order valence-corrected chi connectivity index (χ4v) is 2.68. The third kappa shape index (κ3) is 3.69. The Labute approximate surface area is 118 Å². The van der Waals surface area contributed by atoms with Gasteiger partial charge in [-0.1, -0.05) is 41.4 Å². The average Bonchev–Trinajstić information content (AvgIpc) is 2.39. The predicted molar refractivity (Wildman–Crippen MR) is 78.9 cm³/mol. The summed E-state index contributed by atoms with van der Waals surface area (Å²) >= 11 is 5.77. The quantitative estimate of drug-likeness (QED) is 0.854. The highest BCUT2D eigenvalue weighted by Crippen LogP contribution is 2.16. The van der Waals surface area contributed by atoms with Gasteiger partial charge in [0.2, 0.25) is 0 Å². The second-order valence-electron chi connectivity index (χ2n) is 4.21. The van der Waals surface area contributed by atoms with Crippen molar-refractivity contribution in [2.24, 2.45) is 0 Å². The maximum atomic E-state index is 12.1. The third-order valence-electron chi connectivity index (χ3n) is 2.66. The van der Waals surface area contributed by atoms with E-state index in [1.807, 2.05) is 6.92 Å². The second-order valence-corrected chi connectivity index (χ2v) is 6.48. The zero-order valence-electron chi connectivity index (χ0n) is 10.4. The lowest BCUT2D eigenvalue weighted by molar-refractivity contribution is 0.605. The van der Waals surface area contributed by atoms with Gasteiger partial charge in [0.1, 0.15) is 0 Å². The van der Waals surface area contributed by atoms with Crippen LogP contribution in [0.15, 0.2) is 58.8 Å². The highest BCUT2D eigenvalue weighted by atomic mass is 35.5. The molecule has 0 radical (unpaired) electrons. The summed E-state index contributed by atoms with van der Waals surface area (Å²) in [5.41, 5.74) is 1.82. The van der Waals surface area contributed by atoms with Crippen LogP contribution in [0.2, 0.25) is 5.02 Å². The van der Waals surface area contributed by atoms with Crippen LogP contribution in [-0.4, -0.2) is 8.42 Å². The van der Waals surface area contributed by atoms with Gasteiger partial charge in [0.25, 0.3) is 0 Å². The molecule has 2 aromatic carbocycles. The molecule has 2 aromatic rings. The molecule has 0 N–H and O–H groups in total. The minimum atomic E-state index is -3.40. The molecule has 0 atom stereocenters.